The van der Waals surface area contributed by atoms with Crippen molar-refractivity contribution in [1.82, 2.24) is 0 Å². The van der Waals surface area contributed by atoms with Gasteiger partial charge < -0.3 is 15.6 Å². The van der Waals surface area contributed by atoms with Crippen LogP contribution >= 0.6 is 0 Å². The number of hydrogen-bond donors (Lipinski definition) is 2. The molecule has 0 spiro atoms. The first-order valence-electron chi connectivity index (χ1n) is 7.13. The van der Waals surface area contributed by atoms with Crippen LogP contribution in [0.5, 0.6) is 5.75 Å². The molecule has 2 aromatic rings. The Morgan fingerprint density at radius 2 is 1.86 bits per heavy atom. The fourth-order valence-electron chi connectivity index (χ4n) is 2.56. The van der Waals surface area contributed by atoms with Gasteiger partial charge in [-0.1, -0.05) is 30.3 Å². The summed E-state index contributed by atoms with van der Waals surface area (Å²) in [5, 5.41) is 9.22. The molecular weight excluding hydrogens is 278 g/mol. The van der Waals surface area contributed by atoms with Gasteiger partial charge in [-0.2, -0.15) is 0 Å². The molecule has 0 amide bonds. The first-order chi connectivity index (χ1) is 10.6. The summed E-state index contributed by atoms with van der Waals surface area (Å²) < 4.78 is 5.67. The molecule has 1 unspecified atom stereocenters. The fraction of sp³-hybridized carbons (Fsp3) is 0.167. The number of hydrogen-bond acceptors (Lipinski definition) is 3. The highest BCUT2D eigenvalue weighted by Gasteiger charge is 2.23. The van der Waals surface area contributed by atoms with Crippen LogP contribution in [0.25, 0.3) is 17.2 Å². The molecule has 0 saturated carbocycles. The van der Waals surface area contributed by atoms with Crippen LogP contribution in [0.1, 0.15) is 18.1 Å². The van der Waals surface area contributed by atoms with Crippen molar-refractivity contribution in [3.63, 3.8) is 0 Å². The summed E-state index contributed by atoms with van der Waals surface area (Å²) in [5.41, 5.74) is 9.81. The van der Waals surface area contributed by atoms with Crippen molar-refractivity contribution < 1.29 is 14.6 Å². The highest BCUT2D eigenvalue weighted by Crippen LogP contribution is 2.33. The summed E-state index contributed by atoms with van der Waals surface area (Å²) in [7, 11) is 0. The third-order valence-electron chi connectivity index (χ3n) is 3.83. The number of carbonyl (C=O) groups is 1. The van der Waals surface area contributed by atoms with E-state index in [0.29, 0.717) is 12.3 Å². The Labute approximate surface area is 128 Å². The molecule has 3 N–H and O–H groups in total. The van der Waals surface area contributed by atoms with E-state index in [9.17, 15) is 9.90 Å². The Bertz CT molecular complexity index is 747. The lowest BCUT2D eigenvalue weighted by Gasteiger charge is -2.22. The Balaban J connectivity index is 2.01. The molecule has 1 aliphatic rings. The van der Waals surface area contributed by atoms with Crippen molar-refractivity contribution in [2.45, 2.75) is 19.6 Å². The van der Waals surface area contributed by atoms with Gasteiger partial charge in [0.25, 0.3) is 0 Å². The molecule has 3 rings (SSSR count). The number of rotatable bonds is 3. The molecule has 1 atom stereocenters. The zero-order chi connectivity index (χ0) is 15.7. The van der Waals surface area contributed by atoms with Crippen LogP contribution < -0.4 is 10.5 Å². The SMILES string of the molecule is CC1Oc2ccc(-c3ccc(CN)cc3)cc2C=C1C(=O)O. The van der Waals surface area contributed by atoms with Gasteiger partial charge in [0.2, 0.25) is 0 Å². The second-order valence-electron chi connectivity index (χ2n) is 5.32. The smallest absolute Gasteiger partial charge is 0.335 e. The standard InChI is InChI=1S/C18H17NO3/c1-11-16(18(20)21)9-15-8-14(6-7-17(15)22-11)13-4-2-12(10-19)3-5-13/h2-9,11H,10,19H2,1H3,(H,20,21). The number of benzene rings is 2. The van der Waals surface area contributed by atoms with Gasteiger partial charge in [-0.05, 0) is 41.8 Å². The van der Waals surface area contributed by atoms with Gasteiger partial charge in [0.15, 0.2) is 0 Å². The maximum atomic E-state index is 11.2. The third-order valence-corrected chi connectivity index (χ3v) is 3.83. The molecule has 112 valence electrons. The van der Waals surface area contributed by atoms with Crippen molar-refractivity contribution in [2.75, 3.05) is 0 Å². The van der Waals surface area contributed by atoms with E-state index < -0.39 is 12.1 Å². The van der Waals surface area contributed by atoms with Crippen LogP contribution in [0.3, 0.4) is 0 Å². The number of aliphatic carboxylic acids is 1. The highest BCUT2D eigenvalue weighted by atomic mass is 16.5. The zero-order valence-corrected chi connectivity index (χ0v) is 12.2. The molecule has 0 saturated heterocycles. The molecule has 4 heteroatoms. The summed E-state index contributed by atoms with van der Waals surface area (Å²) in [6.07, 6.45) is 1.24. The van der Waals surface area contributed by atoms with E-state index in [0.717, 1.165) is 22.3 Å². The largest absolute Gasteiger partial charge is 0.485 e. The Morgan fingerprint density at radius 1 is 1.18 bits per heavy atom. The monoisotopic (exact) mass is 295 g/mol. The number of fused-ring (bicyclic) bond motifs is 1. The molecule has 0 aromatic heterocycles. The van der Waals surface area contributed by atoms with Crippen molar-refractivity contribution in [1.29, 1.82) is 0 Å². The minimum absolute atomic E-state index is 0.267. The predicted octanol–water partition coefficient (Wildman–Crippen LogP) is 3.06. The Hall–Kier alpha value is -2.59. The average molecular weight is 295 g/mol. The molecule has 4 nitrogen and oxygen atoms in total. The van der Waals surface area contributed by atoms with Gasteiger partial charge in [-0.15, -0.1) is 0 Å². The Kier molecular flexibility index (Phi) is 3.69. The minimum atomic E-state index is -0.948. The van der Waals surface area contributed by atoms with Crippen molar-refractivity contribution in [3.8, 4) is 16.9 Å². The minimum Gasteiger partial charge on any atom is -0.485 e. The van der Waals surface area contributed by atoms with E-state index in [1.54, 1.807) is 13.0 Å². The van der Waals surface area contributed by atoms with Gasteiger partial charge in [-0.25, -0.2) is 4.79 Å². The summed E-state index contributed by atoms with van der Waals surface area (Å²) in [5.74, 6) is -0.240. The second kappa shape index (κ2) is 5.66. The van der Waals surface area contributed by atoms with E-state index in [2.05, 4.69) is 0 Å². The number of ether oxygens (including phenoxy) is 1. The maximum Gasteiger partial charge on any atom is 0.335 e. The lowest BCUT2D eigenvalue weighted by Crippen LogP contribution is -2.24. The molecule has 0 fully saturated rings. The van der Waals surface area contributed by atoms with E-state index in [-0.39, 0.29) is 5.57 Å². The quantitative estimate of drug-likeness (QED) is 0.912. The fourth-order valence-corrected chi connectivity index (χ4v) is 2.56. The van der Waals surface area contributed by atoms with Crippen molar-refractivity contribution in [3.05, 3.63) is 59.2 Å². The maximum absolute atomic E-state index is 11.2. The van der Waals surface area contributed by atoms with Gasteiger partial charge in [-0.3, -0.25) is 0 Å². The van der Waals surface area contributed by atoms with E-state index in [1.807, 2.05) is 42.5 Å². The van der Waals surface area contributed by atoms with E-state index >= 15 is 0 Å². The van der Waals surface area contributed by atoms with Crippen molar-refractivity contribution in [2.24, 2.45) is 5.73 Å². The Morgan fingerprint density at radius 3 is 2.50 bits per heavy atom. The first kappa shape index (κ1) is 14.4. The van der Waals surface area contributed by atoms with Gasteiger partial charge in [0, 0.05) is 12.1 Å². The highest BCUT2D eigenvalue weighted by molar-refractivity contribution is 5.95. The zero-order valence-electron chi connectivity index (χ0n) is 12.2. The van der Waals surface area contributed by atoms with Crippen LogP contribution in [0.15, 0.2) is 48.0 Å². The second-order valence-corrected chi connectivity index (χ2v) is 5.32. The van der Waals surface area contributed by atoms with Crippen LogP contribution in [0.4, 0.5) is 0 Å². The summed E-state index contributed by atoms with van der Waals surface area (Å²) in [6.45, 7) is 2.25. The van der Waals surface area contributed by atoms with Crippen LogP contribution in [0.2, 0.25) is 0 Å². The van der Waals surface area contributed by atoms with Crippen molar-refractivity contribution >= 4 is 12.0 Å². The molecule has 2 aromatic carbocycles. The lowest BCUT2D eigenvalue weighted by molar-refractivity contribution is -0.133. The molecule has 0 radical (unpaired) electrons. The molecule has 22 heavy (non-hydrogen) atoms. The summed E-state index contributed by atoms with van der Waals surface area (Å²) in [4.78, 5) is 11.2. The van der Waals surface area contributed by atoms with Gasteiger partial charge >= 0.3 is 5.97 Å². The summed E-state index contributed by atoms with van der Waals surface area (Å²) in [6, 6.07) is 13.8. The third kappa shape index (κ3) is 2.61. The summed E-state index contributed by atoms with van der Waals surface area (Å²) >= 11 is 0. The van der Waals surface area contributed by atoms with E-state index in [4.69, 9.17) is 10.5 Å². The van der Waals surface area contributed by atoms with Gasteiger partial charge in [0.05, 0.1) is 5.57 Å². The van der Waals surface area contributed by atoms with Gasteiger partial charge in [0.1, 0.15) is 11.9 Å². The van der Waals surface area contributed by atoms with Crippen LogP contribution in [-0.2, 0) is 11.3 Å². The normalized spacial score (nSPS) is 16.5. The predicted molar refractivity (Wildman–Crippen MR) is 85.5 cm³/mol. The molecular formula is C18H17NO3. The van der Waals surface area contributed by atoms with Crippen LogP contribution in [0, 0.1) is 0 Å². The molecule has 0 bridgehead atoms. The van der Waals surface area contributed by atoms with E-state index in [1.165, 1.54) is 0 Å². The average Bonchev–Trinajstić information content (AvgIpc) is 2.53. The number of carboxylic acid groups (broad SMARTS) is 1. The molecule has 1 aliphatic heterocycles. The lowest BCUT2D eigenvalue weighted by atomic mass is 9.97. The number of carboxylic acids is 1. The molecule has 0 aliphatic carbocycles. The first-order valence-corrected chi connectivity index (χ1v) is 7.13. The molecule has 1 heterocycles. The van der Waals surface area contributed by atoms with Crippen LogP contribution in [-0.4, -0.2) is 17.2 Å². The topological polar surface area (TPSA) is 72.5 Å². The number of nitrogens with two attached hydrogens (primary N) is 1.